The predicted molar refractivity (Wildman–Crippen MR) is 85.9 cm³/mol. The van der Waals surface area contributed by atoms with Crippen LogP contribution in [0.2, 0.25) is 5.02 Å². The molecule has 110 valence electrons. The van der Waals surface area contributed by atoms with Crippen LogP contribution in [0.25, 0.3) is 0 Å². The van der Waals surface area contributed by atoms with Crippen LogP contribution in [0.15, 0.2) is 36.4 Å². The third-order valence-corrected chi connectivity index (χ3v) is 3.22. The molecule has 0 spiro atoms. The van der Waals surface area contributed by atoms with E-state index in [9.17, 15) is 4.79 Å². The average Bonchev–Trinajstić information content (AvgIpc) is 2.40. The number of halogens is 1. The van der Waals surface area contributed by atoms with Crippen LogP contribution >= 0.6 is 11.6 Å². The smallest absolute Gasteiger partial charge is 0.262 e. The molecule has 0 aliphatic rings. The summed E-state index contributed by atoms with van der Waals surface area (Å²) in [6, 6.07) is 10.6. The SMILES string of the molecule is Cc1cc(N)cc(C)c1NC(=O)COc1cccc(Cl)c1. The first-order valence-corrected chi connectivity index (χ1v) is 6.88. The molecule has 0 fully saturated rings. The summed E-state index contributed by atoms with van der Waals surface area (Å²) in [4.78, 5) is 12.0. The van der Waals surface area contributed by atoms with E-state index in [0.29, 0.717) is 16.5 Å². The van der Waals surface area contributed by atoms with Gasteiger partial charge in [-0.15, -0.1) is 0 Å². The molecule has 0 aromatic heterocycles. The first kappa shape index (κ1) is 15.2. The second kappa shape index (κ2) is 6.50. The number of nitrogen functional groups attached to an aromatic ring is 1. The molecule has 0 saturated carbocycles. The molecule has 2 rings (SSSR count). The van der Waals surface area contributed by atoms with Crippen molar-refractivity contribution < 1.29 is 9.53 Å². The van der Waals surface area contributed by atoms with Gasteiger partial charge in [-0.1, -0.05) is 17.7 Å². The molecule has 0 atom stereocenters. The summed E-state index contributed by atoms with van der Waals surface area (Å²) in [5, 5.41) is 3.41. The normalized spacial score (nSPS) is 10.2. The van der Waals surface area contributed by atoms with Crippen molar-refractivity contribution in [3.8, 4) is 5.75 Å². The molecule has 0 bridgehead atoms. The Bertz CT molecular complexity index is 648. The maximum Gasteiger partial charge on any atom is 0.262 e. The van der Waals surface area contributed by atoms with E-state index in [1.807, 2.05) is 26.0 Å². The molecule has 0 unspecified atom stereocenters. The van der Waals surface area contributed by atoms with Gasteiger partial charge in [-0.3, -0.25) is 4.79 Å². The van der Waals surface area contributed by atoms with Crippen molar-refractivity contribution in [2.75, 3.05) is 17.7 Å². The van der Waals surface area contributed by atoms with Crippen molar-refractivity contribution in [3.05, 3.63) is 52.5 Å². The molecule has 2 aromatic carbocycles. The number of hydrogen-bond acceptors (Lipinski definition) is 3. The molecule has 21 heavy (non-hydrogen) atoms. The summed E-state index contributed by atoms with van der Waals surface area (Å²) in [5.74, 6) is 0.328. The maximum absolute atomic E-state index is 12.0. The third-order valence-electron chi connectivity index (χ3n) is 2.99. The molecule has 0 heterocycles. The molecule has 0 saturated heterocycles. The Morgan fingerprint density at radius 2 is 1.90 bits per heavy atom. The number of hydrogen-bond donors (Lipinski definition) is 2. The van der Waals surface area contributed by atoms with Crippen LogP contribution in [0.4, 0.5) is 11.4 Å². The monoisotopic (exact) mass is 304 g/mol. The molecule has 0 aliphatic heterocycles. The number of amides is 1. The van der Waals surface area contributed by atoms with Crippen molar-refractivity contribution in [2.24, 2.45) is 0 Å². The van der Waals surface area contributed by atoms with Crippen LogP contribution in [-0.4, -0.2) is 12.5 Å². The highest BCUT2D eigenvalue weighted by Crippen LogP contribution is 2.23. The lowest BCUT2D eigenvalue weighted by Gasteiger charge is -2.13. The van der Waals surface area contributed by atoms with Crippen molar-refractivity contribution in [3.63, 3.8) is 0 Å². The van der Waals surface area contributed by atoms with E-state index in [2.05, 4.69) is 5.32 Å². The minimum Gasteiger partial charge on any atom is -0.484 e. The van der Waals surface area contributed by atoms with E-state index in [-0.39, 0.29) is 12.5 Å². The van der Waals surface area contributed by atoms with Gasteiger partial charge < -0.3 is 15.8 Å². The highest BCUT2D eigenvalue weighted by molar-refractivity contribution is 6.30. The molecular formula is C16H17ClN2O2. The van der Waals surface area contributed by atoms with Crippen LogP contribution < -0.4 is 15.8 Å². The van der Waals surface area contributed by atoms with Gasteiger partial charge in [0, 0.05) is 16.4 Å². The highest BCUT2D eigenvalue weighted by Gasteiger charge is 2.09. The number of benzene rings is 2. The molecular weight excluding hydrogens is 288 g/mol. The van der Waals surface area contributed by atoms with Gasteiger partial charge in [-0.25, -0.2) is 0 Å². The third kappa shape index (κ3) is 4.13. The lowest BCUT2D eigenvalue weighted by atomic mass is 10.1. The summed E-state index contributed by atoms with van der Waals surface area (Å²) >= 11 is 5.85. The molecule has 0 radical (unpaired) electrons. The van der Waals surface area contributed by atoms with Gasteiger partial charge in [0.25, 0.3) is 5.91 Å². The standard InChI is InChI=1S/C16H17ClN2O2/c1-10-6-13(18)7-11(2)16(10)19-15(20)9-21-14-5-3-4-12(17)8-14/h3-8H,9,18H2,1-2H3,(H,19,20). The molecule has 2 aromatic rings. The summed E-state index contributed by atoms with van der Waals surface area (Å²) in [7, 11) is 0. The van der Waals surface area contributed by atoms with Gasteiger partial charge >= 0.3 is 0 Å². The molecule has 4 nitrogen and oxygen atoms in total. The minimum absolute atomic E-state index is 0.0798. The van der Waals surface area contributed by atoms with E-state index < -0.39 is 0 Å². The number of ether oxygens (including phenoxy) is 1. The van der Waals surface area contributed by atoms with E-state index in [4.69, 9.17) is 22.1 Å². The number of nitrogens with one attached hydrogen (secondary N) is 1. The molecule has 5 heteroatoms. The minimum atomic E-state index is -0.231. The first-order chi connectivity index (χ1) is 9.95. The number of nitrogens with two attached hydrogens (primary N) is 1. The topological polar surface area (TPSA) is 64.3 Å². The van der Waals surface area contributed by atoms with Crippen molar-refractivity contribution in [1.82, 2.24) is 0 Å². The molecule has 0 aliphatic carbocycles. The average molecular weight is 305 g/mol. The largest absolute Gasteiger partial charge is 0.484 e. The van der Waals surface area contributed by atoms with Gasteiger partial charge in [0.1, 0.15) is 5.75 Å². The lowest BCUT2D eigenvalue weighted by Crippen LogP contribution is -2.21. The maximum atomic E-state index is 12.0. The van der Waals surface area contributed by atoms with Crippen LogP contribution in [0.1, 0.15) is 11.1 Å². The predicted octanol–water partition coefficient (Wildman–Crippen LogP) is 3.56. The zero-order chi connectivity index (χ0) is 15.4. The Balaban J connectivity index is 1.99. The molecule has 3 N–H and O–H groups in total. The number of aryl methyl sites for hydroxylation is 2. The Hall–Kier alpha value is -2.20. The fourth-order valence-electron chi connectivity index (χ4n) is 2.08. The zero-order valence-electron chi connectivity index (χ0n) is 11.9. The Morgan fingerprint density at radius 3 is 2.52 bits per heavy atom. The number of anilines is 2. The molecule has 1 amide bonds. The summed E-state index contributed by atoms with van der Waals surface area (Å²) in [6.07, 6.45) is 0. The van der Waals surface area contributed by atoms with E-state index >= 15 is 0 Å². The lowest BCUT2D eigenvalue weighted by molar-refractivity contribution is -0.118. The number of carbonyl (C=O) groups excluding carboxylic acids is 1. The fraction of sp³-hybridized carbons (Fsp3) is 0.188. The van der Waals surface area contributed by atoms with Crippen LogP contribution in [-0.2, 0) is 4.79 Å². The second-order valence-corrected chi connectivity index (χ2v) is 5.26. The Kier molecular flexibility index (Phi) is 4.70. The quantitative estimate of drug-likeness (QED) is 0.849. The van der Waals surface area contributed by atoms with Gasteiger partial charge in [0.05, 0.1) is 0 Å². The summed E-state index contributed by atoms with van der Waals surface area (Å²) in [5.41, 5.74) is 9.04. The van der Waals surface area contributed by atoms with Crippen molar-refractivity contribution in [1.29, 1.82) is 0 Å². The summed E-state index contributed by atoms with van der Waals surface area (Å²) < 4.78 is 5.40. The number of rotatable bonds is 4. The zero-order valence-corrected chi connectivity index (χ0v) is 12.7. The van der Waals surface area contributed by atoms with Crippen LogP contribution in [0.3, 0.4) is 0 Å². The van der Waals surface area contributed by atoms with Gasteiger partial charge in [0.15, 0.2) is 6.61 Å². The highest BCUT2D eigenvalue weighted by atomic mass is 35.5. The fourth-order valence-corrected chi connectivity index (χ4v) is 2.26. The van der Waals surface area contributed by atoms with E-state index in [0.717, 1.165) is 16.8 Å². The van der Waals surface area contributed by atoms with Crippen LogP contribution in [0, 0.1) is 13.8 Å². The van der Waals surface area contributed by atoms with Gasteiger partial charge in [-0.2, -0.15) is 0 Å². The van der Waals surface area contributed by atoms with E-state index in [1.165, 1.54) is 0 Å². The van der Waals surface area contributed by atoms with Gasteiger partial charge in [0.2, 0.25) is 0 Å². The second-order valence-electron chi connectivity index (χ2n) is 4.82. The first-order valence-electron chi connectivity index (χ1n) is 6.50. The van der Waals surface area contributed by atoms with Crippen molar-refractivity contribution in [2.45, 2.75) is 13.8 Å². The Labute approximate surface area is 128 Å². The van der Waals surface area contributed by atoms with Gasteiger partial charge in [-0.05, 0) is 55.3 Å². The van der Waals surface area contributed by atoms with Crippen LogP contribution in [0.5, 0.6) is 5.75 Å². The number of carbonyl (C=O) groups is 1. The van der Waals surface area contributed by atoms with Crippen molar-refractivity contribution >= 4 is 28.9 Å². The van der Waals surface area contributed by atoms with E-state index in [1.54, 1.807) is 24.3 Å². The Morgan fingerprint density at radius 1 is 1.24 bits per heavy atom. The summed E-state index contributed by atoms with van der Waals surface area (Å²) in [6.45, 7) is 3.72.